The molecule has 1 heterocycles. The summed E-state index contributed by atoms with van der Waals surface area (Å²) in [6.45, 7) is 0. The fraction of sp³-hybridized carbons (Fsp3) is 0.333. The van der Waals surface area contributed by atoms with E-state index in [1.165, 1.54) is 7.11 Å². The molecule has 0 radical (unpaired) electrons. The van der Waals surface area contributed by atoms with E-state index in [4.69, 9.17) is 5.73 Å². The number of rotatable bonds is 3. The van der Waals surface area contributed by atoms with Crippen molar-refractivity contribution < 1.29 is 9.53 Å². The highest BCUT2D eigenvalue weighted by Crippen LogP contribution is 2.10. The van der Waals surface area contributed by atoms with Gasteiger partial charge in [-0.15, -0.1) is 12.4 Å². The summed E-state index contributed by atoms with van der Waals surface area (Å²) in [5.74, 6) is -0.321. The number of hydrogen-bond acceptors (Lipinski definition) is 4. The van der Waals surface area contributed by atoms with E-state index in [0.29, 0.717) is 5.69 Å². The number of halogens is 1. The van der Waals surface area contributed by atoms with Crippen LogP contribution in [0.5, 0.6) is 0 Å². The molecule has 0 fully saturated rings. The number of ether oxygens (including phenoxy) is 1. The third kappa shape index (κ3) is 3.72. The van der Waals surface area contributed by atoms with Crippen molar-refractivity contribution in [1.82, 2.24) is 4.98 Å². The van der Waals surface area contributed by atoms with E-state index in [1.807, 2.05) is 6.07 Å². The lowest BCUT2D eigenvalue weighted by molar-refractivity contribution is -0.141. The molecule has 0 aliphatic carbocycles. The van der Waals surface area contributed by atoms with Crippen LogP contribution in [0.3, 0.4) is 0 Å². The van der Waals surface area contributed by atoms with Crippen molar-refractivity contribution in [3.05, 3.63) is 30.1 Å². The minimum Gasteiger partial charge on any atom is -0.469 e. The minimum atomic E-state index is -0.381. The summed E-state index contributed by atoms with van der Waals surface area (Å²) in [5.41, 5.74) is 6.41. The SMILES string of the molecule is COC(=O)C[C@@H](N)c1ccccn1.Cl. The van der Waals surface area contributed by atoms with E-state index in [9.17, 15) is 4.79 Å². The Balaban J connectivity index is 0.00000169. The van der Waals surface area contributed by atoms with Gasteiger partial charge >= 0.3 is 5.97 Å². The van der Waals surface area contributed by atoms with Crippen LogP contribution in [0.15, 0.2) is 24.4 Å². The molecule has 0 aliphatic heterocycles. The average molecular weight is 217 g/mol. The molecule has 1 rings (SSSR count). The summed E-state index contributed by atoms with van der Waals surface area (Å²) < 4.78 is 4.50. The number of esters is 1. The molecular weight excluding hydrogens is 204 g/mol. The van der Waals surface area contributed by atoms with Gasteiger partial charge in [0.05, 0.1) is 25.3 Å². The fourth-order valence-electron chi connectivity index (χ4n) is 0.963. The first-order valence-corrected chi connectivity index (χ1v) is 3.97. The molecule has 14 heavy (non-hydrogen) atoms. The van der Waals surface area contributed by atoms with Crippen LogP contribution in [-0.4, -0.2) is 18.1 Å². The van der Waals surface area contributed by atoms with E-state index < -0.39 is 0 Å². The third-order valence-electron chi connectivity index (χ3n) is 1.68. The van der Waals surface area contributed by atoms with Crippen molar-refractivity contribution in [2.45, 2.75) is 12.5 Å². The number of nitrogens with two attached hydrogens (primary N) is 1. The van der Waals surface area contributed by atoms with Gasteiger partial charge in [-0.25, -0.2) is 0 Å². The first-order valence-electron chi connectivity index (χ1n) is 3.97. The summed E-state index contributed by atoms with van der Waals surface area (Å²) in [6, 6.07) is 5.04. The predicted molar refractivity (Wildman–Crippen MR) is 55.0 cm³/mol. The Morgan fingerprint density at radius 2 is 2.36 bits per heavy atom. The second-order valence-corrected chi connectivity index (χ2v) is 2.64. The molecule has 0 unspecified atom stereocenters. The van der Waals surface area contributed by atoms with Crippen molar-refractivity contribution in [3.63, 3.8) is 0 Å². The zero-order chi connectivity index (χ0) is 9.68. The first-order chi connectivity index (χ1) is 6.24. The molecule has 1 aromatic rings. The van der Waals surface area contributed by atoms with Gasteiger partial charge in [0, 0.05) is 6.20 Å². The lowest BCUT2D eigenvalue weighted by atomic mass is 10.1. The highest BCUT2D eigenvalue weighted by molar-refractivity contribution is 5.85. The number of carbonyl (C=O) groups is 1. The number of carbonyl (C=O) groups excluding carboxylic acids is 1. The minimum absolute atomic E-state index is 0. The summed E-state index contributed by atoms with van der Waals surface area (Å²) in [4.78, 5) is 14.9. The van der Waals surface area contributed by atoms with E-state index in [0.717, 1.165) is 0 Å². The van der Waals surface area contributed by atoms with Crippen molar-refractivity contribution in [2.75, 3.05) is 7.11 Å². The number of hydrogen-bond donors (Lipinski definition) is 1. The van der Waals surface area contributed by atoms with Gasteiger partial charge in [0.2, 0.25) is 0 Å². The van der Waals surface area contributed by atoms with Crippen LogP contribution < -0.4 is 5.73 Å². The van der Waals surface area contributed by atoms with E-state index in [2.05, 4.69) is 9.72 Å². The Morgan fingerprint density at radius 3 is 2.86 bits per heavy atom. The molecule has 4 nitrogen and oxygen atoms in total. The van der Waals surface area contributed by atoms with E-state index in [-0.39, 0.29) is 30.8 Å². The van der Waals surface area contributed by atoms with Gasteiger partial charge in [-0.1, -0.05) is 6.07 Å². The van der Waals surface area contributed by atoms with Gasteiger partial charge in [0.25, 0.3) is 0 Å². The molecule has 1 atom stereocenters. The number of methoxy groups -OCH3 is 1. The lowest BCUT2D eigenvalue weighted by Gasteiger charge is -2.08. The Kier molecular flexibility index (Phi) is 5.83. The van der Waals surface area contributed by atoms with Gasteiger partial charge in [0.15, 0.2) is 0 Å². The fourth-order valence-corrected chi connectivity index (χ4v) is 0.963. The molecule has 0 saturated carbocycles. The maximum atomic E-state index is 10.9. The zero-order valence-electron chi connectivity index (χ0n) is 7.84. The van der Waals surface area contributed by atoms with Crippen molar-refractivity contribution in [3.8, 4) is 0 Å². The number of nitrogens with zero attached hydrogens (tertiary/aromatic N) is 1. The quantitative estimate of drug-likeness (QED) is 0.768. The highest BCUT2D eigenvalue weighted by atomic mass is 35.5. The summed E-state index contributed by atoms with van der Waals surface area (Å²) >= 11 is 0. The van der Waals surface area contributed by atoms with Crippen molar-refractivity contribution >= 4 is 18.4 Å². The normalized spacial score (nSPS) is 11.3. The molecule has 0 amide bonds. The van der Waals surface area contributed by atoms with Gasteiger partial charge in [-0.2, -0.15) is 0 Å². The van der Waals surface area contributed by atoms with Gasteiger partial charge in [-0.3, -0.25) is 9.78 Å². The smallest absolute Gasteiger partial charge is 0.307 e. The van der Waals surface area contributed by atoms with E-state index in [1.54, 1.807) is 18.3 Å². The van der Waals surface area contributed by atoms with Crippen LogP contribution in [-0.2, 0) is 9.53 Å². The monoisotopic (exact) mass is 216 g/mol. The second kappa shape index (κ2) is 6.34. The van der Waals surface area contributed by atoms with Gasteiger partial charge in [0.1, 0.15) is 0 Å². The Hall–Kier alpha value is -1.13. The average Bonchev–Trinajstić information content (AvgIpc) is 2.19. The molecular formula is C9H13ClN2O2. The molecule has 1 aromatic heterocycles. The van der Waals surface area contributed by atoms with E-state index >= 15 is 0 Å². The summed E-state index contributed by atoms with van der Waals surface area (Å²) in [5, 5.41) is 0. The summed E-state index contributed by atoms with van der Waals surface area (Å²) in [7, 11) is 1.34. The molecule has 78 valence electrons. The largest absolute Gasteiger partial charge is 0.469 e. The predicted octanol–water partition coefficient (Wildman–Crippen LogP) is 1.07. The first kappa shape index (κ1) is 12.9. The highest BCUT2D eigenvalue weighted by Gasteiger charge is 2.11. The maximum absolute atomic E-state index is 10.9. The van der Waals surface area contributed by atoms with Gasteiger partial charge in [-0.05, 0) is 12.1 Å². The Labute approximate surface area is 88.9 Å². The Bertz CT molecular complexity index is 279. The van der Waals surface area contributed by atoms with Crippen molar-refractivity contribution in [1.29, 1.82) is 0 Å². The molecule has 0 bridgehead atoms. The van der Waals surface area contributed by atoms with Crippen LogP contribution in [0.2, 0.25) is 0 Å². The molecule has 0 saturated heterocycles. The van der Waals surface area contributed by atoms with Gasteiger partial charge < -0.3 is 10.5 Å². The lowest BCUT2D eigenvalue weighted by Crippen LogP contribution is -2.17. The molecule has 0 aromatic carbocycles. The third-order valence-corrected chi connectivity index (χ3v) is 1.68. The topological polar surface area (TPSA) is 65.2 Å². The van der Waals surface area contributed by atoms with Crippen LogP contribution in [0.1, 0.15) is 18.2 Å². The maximum Gasteiger partial charge on any atom is 0.307 e. The van der Waals surface area contributed by atoms with Crippen LogP contribution >= 0.6 is 12.4 Å². The summed E-state index contributed by atoms with van der Waals surface area (Å²) in [6.07, 6.45) is 1.81. The number of pyridine rings is 1. The zero-order valence-corrected chi connectivity index (χ0v) is 8.66. The Morgan fingerprint density at radius 1 is 1.64 bits per heavy atom. The molecule has 2 N–H and O–H groups in total. The van der Waals surface area contributed by atoms with Crippen LogP contribution in [0.4, 0.5) is 0 Å². The molecule has 0 spiro atoms. The standard InChI is InChI=1S/C9H12N2O2.ClH/c1-13-9(12)6-7(10)8-4-2-3-5-11-8;/h2-5,7H,6,10H2,1H3;1H/t7-;/m1./s1. The molecule has 5 heteroatoms. The van der Waals surface area contributed by atoms with Crippen LogP contribution in [0.25, 0.3) is 0 Å². The number of aromatic nitrogens is 1. The van der Waals surface area contributed by atoms with Crippen LogP contribution in [0, 0.1) is 0 Å². The second-order valence-electron chi connectivity index (χ2n) is 2.64. The molecule has 0 aliphatic rings. The van der Waals surface area contributed by atoms with Crippen molar-refractivity contribution in [2.24, 2.45) is 5.73 Å².